The first-order valence-electron chi connectivity index (χ1n) is 8.45. The molecule has 3 rings (SSSR count). The van der Waals surface area contributed by atoms with Crippen molar-refractivity contribution in [3.8, 4) is 11.5 Å². The highest BCUT2D eigenvalue weighted by Gasteiger charge is 2.12. The fraction of sp³-hybridized carbons (Fsp3) is 0.158. The Bertz CT molecular complexity index is 993. The van der Waals surface area contributed by atoms with Gasteiger partial charge in [-0.25, -0.2) is 0 Å². The largest absolute Gasteiger partial charge is 0.411 e. The summed E-state index contributed by atoms with van der Waals surface area (Å²) in [6.45, 7) is 2.38. The van der Waals surface area contributed by atoms with Crippen molar-refractivity contribution in [1.82, 2.24) is 15.5 Å². The third-order valence-corrected chi connectivity index (χ3v) is 4.60. The molecule has 0 spiro atoms. The minimum Gasteiger partial charge on any atom is -0.411 e. The van der Waals surface area contributed by atoms with E-state index in [-0.39, 0.29) is 22.8 Å². The van der Waals surface area contributed by atoms with Crippen molar-refractivity contribution in [2.75, 3.05) is 17.6 Å². The van der Waals surface area contributed by atoms with Gasteiger partial charge in [-0.3, -0.25) is 9.59 Å². The van der Waals surface area contributed by atoms with Gasteiger partial charge in [-0.1, -0.05) is 35.5 Å². The van der Waals surface area contributed by atoms with E-state index in [4.69, 9.17) is 16.0 Å². The molecule has 7 nitrogen and oxygen atoms in total. The van der Waals surface area contributed by atoms with Gasteiger partial charge in [0.1, 0.15) is 0 Å². The van der Waals surface area contributed by atoms with Gasteiger partial charge in [-0.2, -0.15) is 0 Å². The van der Waals surface area contributed by atoms with Crippen LogP contribution in [-0.4, -0.2) is 34.3 Å². The highest BCUT2D eigenvalue weighted by molar-refractivity contribution is 7.99. The molecule has 0 bridgehead atoms. The molecule has 2 amide bonds. The lowest BCUT2D eigenvalue weighted by molar-refractivity contribution is -0.113. The Balaban J connectivity index is 1.56. The highest BCUT2D eigenvalue weighted by atomic mass is 35.5. The van der Waals surface area contributed by atoms with Crippen LogP contribution in [0.4, 0.5) is 5.69 Å². The zero-order valence-corrected chi connectivity index (χ0v) is 16.5. The minimum atomic E-state index is -0.249. The molecular formula is C19H17ClN4O3S. The van der Waals surface area contributed by atoms with Crippen LogP contribution in [0.1, 0.15) is 17.3 Å². The first-order valence-corrected chi connectivity index (χ1v) is 9.82. The van der Waals surface area contributed by atoms with Crippen molar-refractivity contribution in [3.05, 3.63) is 59.1 Å². The molecular weight excluding hydrogens is 400 g/mol. The Morgan fingerprint density at radius 3 is 2.75 bits per heavy atom. The molecule has 0 aliphatic heterocycles. The highest BCUT2D eigenvalue weighted by Crippen LogP contribution is 2.25. The predicted octanol–water partition coefficient (Wildman–Crippen LogP) is 3.87. The van der Waals surface area contributed by atoms with E-state index in [9.17, 15) is 9.59 Å². The zero-order valence-electron chi connectivity index (χ0n) is 14.9. The van der Waals surface area contributed by atoms with Crippen LogP contribution in [0, 0.1) is 0 Å². The molecule has 0 aliphatic rings. The topological polar surface area (TPSA) is 97.1 Å². The molecule has 0 fully saturated rings. The Morgan fingerprint density at radius 2 is 1.96 bits per heavy atom. The molecule has 1 heterocycles. The molecule has 9 heteroatoms. The van der Waals surface area contributed by atoms with Crippen LogP contribution in [-0.2, 0) is 4.79 Å². The lowest BCUT2D eigenvalue weighted by atomic mass is 10.2. The van der Waals surface area contributed by atoms with E-state index in [1.165, 1.54) is 0 Å². The average Bonchev–Trinajstić information content (AvgIpc) is 3.16. The van der Waals surface area contributed by atoms with Crippen molar-refractivity contribution in [2.24, 2.45) is 0 Å². The summed E-state index contributed by atoms with van der Waals surface area (Å²) in [5.41, 5.74) is 1.73. The number of hydrogen-bond donors (Lipinski definition) is 2. The monoisotopic (exact) mass is 416 g/mol. The summed E-state index contributed by atoms with van der Waals surface area (Å²) < 4.78 is 5.55. The van der Waals surface area contributed by atoms with Crippen molar-refractivity contribution in [3.63, 3.8) is 0 Å². The number of halogens is 1. The van der Waals surface area contributed by atoms with Crippen molar-refractivity contribution in [2.45, 2.75) is 12.1 Å². The maximum absolute atomic E-state index is 12.2. The number of hydrogen-bond acceptors (Lipinski definition) is 6. The van der Waals surface area contributed by atoms with Crippen LogP contribution in [0.2, 0.25) is 5.02 Å². The number of carbonyl (C=O) groups excluding carboxylic acids is 2. The predicted molar refractivity (Wildman–Crippen MR) is 109 cm³/mol. The van der Waals surface area contributed by atoms with Crippen molar-refractivity contribution >= 4 is 40.9 Å². The maximum atomic E-state index is 12.2. The van der Waals surface area contributed by atoms with Gasteiger partial charge in [0.15, 0.2) is 0 Å². The van der Waals surface area contributed by atoms with Gasteiger partial charge in [-0.15, -0.1) is 10.2 Å². The number of rotatable bonds is 7. The van der Waals surface area contributed by atoms with Crippen molar-refractivity contribution in [1.29, 1.82) is 0 Å². The summed E-state index contributed by atoms with van der Waals surface area (Å²) in [4.78, 5) is 24.0. The molecule has 144 valence electrons. The number of aromatic nitrogens is 2. The molecule has 2 aromatic carbocycles. The van der Waals surface area contributed by atoms with Crippen molar-refractivity contribution < 1.29 is 14.0 Å². The van der Waals surface area contributed by atoms with Crippen LogP contribution in [0.5, 0.6) is 0 Å². The number of benzene rings is 2. The SMILES string of the molecule is CCNC(=O)c1cccc(NC(=O)CSc2nnc(-c3cccc(Cl)c3)o2)c1. The minimum absolute atomic E-state index is 0.0859. The molecule has 0 aliphatic carbocycles. The first-order chi connectivity index (χ1) is 13.5. The number of carbonyl (C=O) groups is 2. The normalized spacial score (nSPS) is 10.5. The number of amides is 2. The fourth-order valence-electron chi connectivity index (χ4n) is 2.33. The van der Waals surface area contributed by atoms with Crippen LogP contribution < -0.4 is 10.6 Å². The molecule has 0 atom stereocenters. The van der Waals surface area contributed by atoms with E-state index in [0.717, 1.165) is 11.8 Å². The molecule has 0 unspecified atom stereocenters. The van der Waals surface area contributed by atoms with Gasteiger partial charge in [0.25, 0.3) is 11.1 Å². The van der Waals surface area contributed by atoms with E-state index in [0.29, 0.717) is 34.3 Å². The third kappa shape index (κ3) is 5.34. The molecule has 0 radical (unpaired) electrons. The summed E-state index contributed by atoms with van der Waals surface area (Å²) in [6, 6.07) is 13.8. The van der Waals surface area contributed by atoms with Crippen LogP contribution in [0.15, 0.2) is 58.2 Å². The average molecular weight is 417 g/mol. The quantitative estimate of drug-likeness (QED) is 0.567. The number of anilines is 1. The van der Waals surface area contributed by atoms with Gasteiger partial charge >= 0.3 is 0 Å². The molecule has 28 heavy (non-hydrogen) atoms. The second-order valence-corrected chi connectivity index (χ2v) is 7.02. The third-order valence-electron chi connectivity index (χ3n) is 3.55. The summed E-state index contributed by atoms with van der Waals surface area (Å²) in [6.07, 6.45) is 0. The van der Waals surface area contributed by atoms with Gasteiger partial charge < -0.3 is 15.1 Å². The molecule has 1 aromatic heterocycles. The summed E-state index contributed by atoms with van der Waals surface area (Å²) >= 11 is 7.08. The van der Waals surface area contributed by atoms with E-state index in [2.05, 4.69) is 20.8 Å². The lowest BCUT2D eigenvalue weighted by Crippen LogP contribution is -2.23. The Kier molecular flexibility index (Phi) is 6.67. The van der Waals surface area contributed by atoms with Gasteiger partial charge in [-0.05, 0) is 43.3 Å². The summed E-state index contributed by atoms with van der Waals surface area (Å²) in [7, 11) is 0. The number of nitrogens with one attached hydrogen (secondary N) is 2. The molecule has 0 saturated heterocycles. The Morgan fingerprint density at radius 1 is 1.14 bits per heavy atom. The van der Waals surface area contributed by atoms with Gasteiger partial charge in [0.05, 0.1) is 5.75 Å². The Hall–Kier alpha value is -2.84. The smallest absolute Gasteiger partial charge is 0.277 e. The zero-order chi connectivity index (χ0) is 19.9. The first kappa shape index (κ1) is 19.9. The number of nitrogens with zero attached hydrogens (tertiary/aromatic N) is 2. The number of thioether (sulfide) groups is 1. The van der Waals surface area contributed by atoms with Crippen LogP contribution in [0.25, 0.3) is 11.5 Å². The van der Waals surface area contributed by atoms with E-state index < -0.39 is 0 Å². The second-order valence-electron chi connectivity index (χ2n) is 5.66. The summed E-state index contributed by atoms with van der Waals surface area (Å²) in [5.74, 6) is -0.0178. The summed E-state index contributed by atoms with van der Waals surface area (Å²) in [5, 5.41) is 14.2. The standard InChI is InChI=1S/C19H17ClN4O3S/c1-2-21-17(26)12-5-4-8-15(10-12)22-16(25)11-28-19-24-23-18(27-19)13-6-3-7-14(20)9-13/h3-10H,2,11H2,1H3,(H,21,26)(H,22,25). The van der Waals surface area contributed by atoms with E-state index >= 15 is 0 Å². The molecule has 2 N–H and O–H groups in total. The van der Waals surface area contributed by atoms with Crippen LogP contribution in [0.3, 0.4) is 0 Å². The maximum Gasteiger partial charge on any atom is 0.277 e. The Labute approximate surface area is 170 Å². The second kappa shape index (κ2) is 9.38. The fourth-order valence-corrected chi connectivity index (χ4v) is 3.08. The van der Waals surface area contributed by atoms with Gasteiger partial charge in [0.2, 0.25) is 11.8 Å². The van der Waals surface area contributed by atoms with E-state index in [1.807, 2.05) is 13.0 Å². The van der Waals surface area contributed by atoms with E-state index in [1.54, 1.807) is 42.5 Å². The molecule has 3 aromatic rings. The van der Waals surface area contributed by atoms with Gasteiger partial charge in [0, 0.05) is 28.4 Å². The van der Waals surface area contributed by atoms with Crippen LogP contribution >= 0.6 is 23.4 Å². The lowest BCUT2D eigenvalue weighted by Gasteiger charge is -2.07. The molecule has 0 saturated carbocycles.